The van der Waals surface area contributed by atoms with Crippen LogP contribution in [0.3, 0.4) is 0 Å². The van der Waals surface area contributed by atoms with Crippen molar-refractivity contribution in [2.24, 2.45) is 0 Å². The van der Waals surface area contributed by atoms with Crippen LogP contribution < -0.4 is 51.4 Å². The SMILES string of the molecule is CCO.CCOCC.[H-].[K+]. The van der Waals surface area contributed by atoms with Gasteiger partial charge in [0.15, 0.2) is 0 Å². The number of ether oxygens (including phenoxy) is 1. The van der Waals surface area contributed by atoms with Gasteiger partial charge in [0.25, 0.3) is 0 Å². The number of aliphatic hydroxyl groups excluding tert-OH is 1. The van der Waals surface area contributed by atoms with Crippen molar-refractivity contribution < 1.29 is 62.7 Å². The maximum Gasteiger partial charge on any atom is 1.00 e. The first-order valence-electron chi connectivity index (χ1n) is 3.01. The molecule has 0 spiro atoms. The Morgan fingerprint density at radius 1 is 1.22 bits per heavy atom. The van der Waals surface area contributed by atoms with E-state index in [1.54, 1.807) is 6.92 Å². The zero-order chi connectivity index (χ0) is 6.83. The van der Waals surface area contributed by atoms with Gasteiger partial charge in [-0.1, -0.05) is 0 Å². The summed E-state index contributed by atoms with van der Waals surface area (Å²) in [7, 11) is 0. The number of rotatable bonds is 2. The van der Waals surface area contributed by atoms with Gasteiger partial charge in [-0.3, -0.25) is 0 Å². The fourth-order valence-corrected chi connectivity index (χ4v) is 0.204. The third kappa shape index (κ3) is 43.1. The summed E-state index contributed by atoms with van der Waals surface area (Å²) in [4.78, 5) is 0. The van der Waals surface area contributed by atoms with Crippen LogP contribution in [0.5, 0.6) is 0 Å². The Labute approximate surface area is 102 Å². The van der Waals surface area contributed by atoms with Crippen molar-refractivity contribution in [1.29, 1.82) is 0 Å². The van der Waals surface area contributed by atoms with Gasteiger partial charge >= 0.3 is 51.4 Å². The van der Waals surface area contributed by atoms with Gasteiger partial charge in [0, 0.05) is 19.8 Å². The van der Waals surface area contributed by atoms with Gasteiger partial charge in [-0.05, 0) is 20.8 Å². The predicted octanol–water partition coefficient (Wildman–Crippen LogP) is -1.84. The van der Waals surface area contributed by atoms with Gasteiger partial charge in [-0.2, -0.15) is 0 Å². The van der Waals surface area contributed by atoms with E-state index < -0.39 is 0 Å². The van der Waals surface area contributed by atoms with Crippen molar-refractivity contribution in [1.82, 2.24) is 0 Å². The maximum absolute atomic E-state index is 7.57. The third-order valence-electron chi connectivity index (χ3n) is 0.408. The molecule has 0 atom stereocenters. The summed E-state index contributed by atoms with van der Waals surface area (Å²) in [6.07, 6.45) is 0. The van der Waals surface area contributed by atoms with Crippen LogP contribution in [0.15, 0.2) is 0 Å². The van der Waals surface area contributed by atoms with Crippen LogP contribution in [-0.2, 0) is 4.74 Å². The molecule has 0 fully saturated rings. The molecule has 0 radical (unpaired) electrons. The van der Waals surface area contributed by atoms with Gasteiger partial charge in [-0.25, -0.2) is 0 Å². The van der Waals surface area contributed by atoms with Gasteiger partial charge in [-0.15, -0.1) is 0 Å². The van der Waals surface area contributed by atoms with Crippen LogP contribution in [0.1, 0.15) is 22.2 Å². The predicted molar refractivity (Wildman–Crippen MR) is 36.0 cm³/mol. The molecule has 0 saturated heterocycles. The first-order valence-corrected chi connectivity index (χ1v) is 3.01. The molecule has 0 aromatic carbocycles. The van der Waals surface area contributed by atoms with E-state index in [0.717, 1.165) is 13.2 Å². The van der Waals surface area contributed by atoms with Crippen molar-refractivity contribution in [3.63, 3.8) is 0 Å². The fourth-order valence-electron chi connectivity index (χ4n) is 0.204. The Morgan fingerprint density at radius 3 is 1.44 bits per heavy atom. The molecule has 0 aliphatic rings. The van der Waals surface area contributed by atoms with E-state index in [9.17, 15) is 0 Å². The summed E-state index contributed by atoms with van der Waals surface area (Å²) < 4.78 is 4.83. The Morgan fingerprint density at radius 2 is 1.44 bits per heavy atom. The monoisotopic (exact) mass is 160 g/mol. The van der Waals surface area contributed by atoms with Crippen LogP contribution >= 0.6 is 0 Å². The molecule has 9 heavy (non-hydrogen) atoms. The molecule has 54 valence electrons. The normalized spacial score (nSPS) is 6.67. The number of hydrogen-bond acceptors (Lipinski definition) is 2. The first-order chi connectivity index (χ1) is 3.83. The summed E-state index contributed by atoms with van der Waals surface area (Å²) >= 11 is 0. The van der Waals surface area contributed by atoms with Gasteiger partial charge in [0.2, 0.25) is 0 Å². The fraction of sp³-hybridized carbons (Fsp3) is 1.00. The maximum atomic E-state index is 7.57. The van der Waals surface area contributed by atoms with E-state index in [1.165, 1.54) is 0 Å². The van der Waals surface area contributed by atoms with Crippen molar-refractivity contribution >= 4 is 0 Å². The van der Waals surface area contributed by atoms with Crippen LogP contribution in [-0.4, -0.2) is 24.9 Å². The molecule has 0 aromatic heterocycles. The molecule has 0 saturated carbocycles. The summed E-state index contributed by atoms with van der Waals surface area (Å²) in [5.41, 5.74) is 0. The molecular formula is C6H17KO2. The summed E-state index contributed by atoms with van der Waals surface area (Å²) in [6.45, 7) is 7.60. The molecule has 0 unspecified atom stereocenters. The average Bonchev–Trinajstić information content (AvgIpc) is 1.71. The zero-order valence-electron chi connectivity index (χ0n) is 7.98. The largest absolute Gasteiger partial charge is 1.00 e. The second kappa shape index (κ2) is 22.7. The molecule has 0 rings (SSSR count). The van der Waals surface area contributed by atoms with Gasteiger partial charge in [0.05, 0.1) is 0 Å². The molecule has 1 N–H and O–H groups in total. The van der Waals surface area contributed by atoms with E-state index in [4.69, 9.17) is 9.84 Å². The second-order valence-electron chi connectivity index (χ2n) is 1.10. The zero-order valence-corrected chi connectivity index (χ0v) is 10.1. The molecule has 0 aliphatic heterocycles. The van der Waals surface area contributed by atoms with E-state index in [0.29, 0.717) is 0 Å². The van der Waals surface area contributed by atoms with Crippen molar-refractivity contribution in [2.75, 3.05) is 19.8 Å². The van der Waals surface area contributed by atoms with Crippen LogP contribution in [0.4, 0.5) is 0 Å². The molecule has 2 nitrogen and oxygen atoms in total. The smallest absolute Gasteiger partial charge is 1.00 e. The average molecular weight is 160 g/mol. The molecular weight excluding hydrogens is 143 g/mol. The number of hydrogen-bond donors (Lipinski definition) is 1. The topological polar surface area (TPSA) is 29.5 Å². The number of aliphatic hydroxyl groups is 1. The Hall–Kier alpha value is 1.56. The first kappa shape index (κ1) is 16.9. The molecule has 0 aliphatic carbocycles. The van der Waals surface area contributed by atoms with Crippen LogP contribution in [0.25, 0.3) is 0 Å². The van der Waals surface area contributed by atoms with E-state index in [2.05, 4.69) is 0 Å². The molecule has 0 bridgehead atoms. The summed E-state index contributed by atoms with van der Waals surface area (Å²) in [6, 6.07) is 0. The van der Waals surface area contributed by atoms with E-state index >= 15 is 0 Å². The third-order valence-corrected chi connectivity index (χ3v) is 0.408. The molecule has 3 heteroatoms. The molecule has 0 amide bonds. The minimum absolute atomic E-state index is 0. The minimum Gasteiger partial charge on any atom is -1.00 e. The standard InChI is InChI=1S/C4H10O.C2H6O.K.H/c1-3-5-4-2;1-2-3;;/h3-4H2,1-2H3;3H,2H2,1H3;;/q;;+1;-1. The van der Waals surface area contributed by atoms with Gasteiger partial charge < -0.3 is 11.3 Å². The van der Waals surface area contributed by atoms with Crippen molar-refractivity contribution in [3.05, 3.63) is 0 Å². The van der Waals surface area contributed by atoms with Crippen LogP contribution in [0.2, 0.25) is 0 Å². The van der Waals surface area contributed by atoms with E-state index in [-0.39, 0.29) is 59.4 Å². The quantitative estimate of drug-likeness (QED) is 0.481. The van der Waals surface area contributed by atoms with Crippen molar-refractivity contribution in [2.45, 2.75) is 20.8 Å². The summed E-state index contributed by atoms with van der Waals surface area (Å²) in [5.74, 6) is 0. The minimum atomic E-state index is 0. The van der Waals surface area contributed by atoms with Gasteiger partial charge in [0.1, 0.15) is 0 Å². The molecule has 0 aromatic rings. The Bertz CT molecular complexity index is 29.7. The van der Waals surface area contributed by atoms with E-state index in [1.807, 2.05) is 13.8 Å². The molecule has 0 heterocycles. The Kier molecular flexibility index (Phi) is 42.5. The second-order valence-corrected chi connectivity index (χ2v) is 1.10. The summed E-state index contributed by atoms with van der Waals surface area (Å²) in [5, 5.41) is 7.57. The van der Waals surface area contributed by atoms with Crippen molar-refractivity contribution in [3.8, 4) is 0 Å². The Balaban J connectivity index is -0.0000000326. The van der Waals surface area contributed by atoms with Crippen LogP contribution in [0, 0.1) is 0 Å².